The van der Waals surface area contributed by atoms with Gasteiger partial charge in [-0.05, 0) is 61.9 Å². The number of carboxylic acid groups (broad SMARTS) is 1. The minimum atomic E-state index is -5.08. The summed E-state index contributed by atoms with van der Waals surface area (Å²) in [6.07, 6.45) is -6.47. The number of anilines is 2. The molecule has 0 bridgehead atoms. The number of aromatic nitrogens is 2. The van der Waals surface area contributed by atoms with Gasteiger partial charge in [0.1, 0.15) is 11.6 Å². The fraction of sp³-hybridized carbons (Fsp3) is 0.407. The number of nitrogens with one attached hydrogen (secondary N) is 2. The lowest BCUT2D eigenvalue weighted by Gasteiger charge is -2.29. The van der Waals surface area contributed by atoms with Crippen LogP contribution in [0.1, 0.15) is 41.6 Å². The Balaban J connectivity index is 0.000000616. The number of rotatable bonds is 6. The van der Waals surface area contributed by atoms with Crippen molar-refractivity contribution in [3.05, 3.63) is 59.4 Å². The van der Waals surface area contributed by atoms with Crippen molar-refractivity contribution in [1.29, 1.82) is 0 Å². The van der Waals surface area contributed by atoms with E-state index < -0.39 is 41.2 Å². The van der Waals surface area contributed by atoms with Gasteiger partial charge in [-0.2, -0.15) is 31.3 Å². The second-order valence-electron chi connectivity index (χ2n) is 9.85. The van der Waals surface area contributed by atoms with Gasteiger partial charge in [0.05, 0.1) is 16.6 Å². The summed E-state index contributed by atoms with van der Waals surface area (Å²) in [6.45, 7) is 0.276. The quantitative estimate of drug-likeness (QED) is 0.302. The van der Waals surface area contributed by atoms with E-state index in [4.69, 9.17) is 9.90 Å². The van der Waals surface area contributed by atoms with Crippen molar-refractivity contribution in [2.75, 3.05) is 30.9 Å². The number of hydrogen-bond donors (Lipinski definition) is 3. The number of halogens is 7. The summed E-state index contributed by atoms with van der Waals surface area (Å²) >= 11 is 0. The summed E-state index contributed by atoms with van der Waals surface area (Å²) in [5.74, 6) is -3.03. The maximum atomic E-state index is 14.0. The van der Waals surface area contributed by atoms with Crippen LogP contribution >= 0.6 is 0 Å². The number of amides is 1. The van der Waals surface area contributed by atoms with Crippen molar-refractivity contribution in [2.24, 2.45) is 5.92 Å². The molecule has 0 aliphatic heterocycles. The van der Waals surface area contributed by atoms with Crippen LogP contribution in [0.3, 0.4) is 0 Å². The van der Waals surface area contributed by atoms with Crippen LogP contribution in [0.25, 0.3) is 10.9 Å². The molecule has 15 heteroatoms. The molecular weight excluding hydrogens is 575 g/mol. The summed E-state index contributed by atoms with van der Waals surface area (Å²) in [4.78, 5) is 32.5. The van der Waals surface area contributed by atoms with Crippen molar-refractivity contribution in [2.45, 2.75) is 44.1 Å². The lowest BCUT2D eigenvalue weighted by molar-refractivity contribution is -0.192. The van der Waals surface area contributed by atoms with Crippen molar-refractivity contribution >= 4 is 34.5 Å². The molecule has 3 aromatic rings. The van der Waals surface area contributed by atoms with E-state index >= 15 is 0 Å². The Morgan fingerprint density at radius 1 is 0.976 bits per heavy atom. The molecule has 3 N–H and O–H groups in total. The van der Waals surface area contributed by atoms with E-state index in [0.29, 0.717) is 24.1 Å². The molecule has 1 saturated carbocycles. The molecule has 2 aromatic carbocycles. The van der Waals surface area contributed by atoms with Crippen molar-refractivity contribution in [1.82, 2.24) is 15.3 Å². The number of alkyl halides is 6. The Hall–Kier alpha value is -4.17. The molecule has 0 saturated heterocycles. The van der Waals surface area contributed by atoms with Crippen LogP contribution in [0.15, 0.2) is 42.5 Å². The van der Waals surface area contributed by atoms with Gasteiger partial charge < -0.3 is 20.6 Å². The van der Waals surface area contributed by atoms with Gasteiger partial charge in [-0.3, -0.25) is 4.79 Å². The van der Waals surface area contributed by atoms with E-state index in [9.17, 15) is 35.5 Å². The highest BCUT2D eigenvalue weighted by Crippen LogP contribution is 2.31. The molecule has 1 fully saturated rings. The van der Waals surface area contributed by atoms with Crippen LogP contribution in [-0.4, -0.2) is 59.8 Å². The first-order valence-electron chi connectivity index (χ1n) is 12.7. The highest BCUT2D eigenvalue weighted by molar-refractivity contribution is 5.94. The number of aliphatic carboxylic acids is 1. The van der Waals surface area contributed by atoms with Crippen LogP contribution in [0.2, 0.25) is 0 Å². The third-order valence-corrected chi connectivity index (χ3v) is 6.52. The van der Waals surface area contributed by atoms with E-state index in [1.807, 2.05) is 43.3 Å². The highest BCUT2D eigenvalue weighted by Gasteiger charge is 2.38. The molecule has 1 heterocycles. The van der Waals surface area contributed by atoms with Gasteiger partial charge >= 0.3 is 18.3 Å². The topological polar surface area (TPSA) is 107 Å². The van der Waals surface area contributed by atoms with Gasteiger partial charge in [0, 0.05) is 32.1 Å². The Bertz CT molecular complexity index is 1410. The zero-order chi connectivity index (χ0) is 31.2. The smallest absolute Gasteiger partial charge is 0.475 e. The van der Waals surface area contributed by atoms with Gasteiger partial charge in [-0.25, -0.2) is 14.2 Å². The molecule has 8 nitrogen and oxygen atoms in total. The maximum Gasteiger partial charge on any atom is 0.490 e. The first-order chi connectivity index (χ1) is 19.6. The Labute approximate surface area is 235 Å². The fourth-order valence-electron chi connectivity index (χ4n) is 4.37. The summed E-state index contributed by atoms with van der Waals surface area (Å²) in [6, 6.07) is 9.83. The lowest BCUT2D eigenvalue weighted by Crippen LogP contribution is -2.34. The van der Waals surface area contributed by atoms with Crippen molar-refractivity contribution in [3.8, 4) is 0 Å². The van der Waals surface area contributed by atoms with Gasteiger partial charge in [0.2, 0.25) is 5.95 Å². The van der Waals surface area contributed by atoms with Crippen molar-refractivity contribution in [3.63, 3.8) is 0 Å². The second-order valence-corrected chi connectivity index (χ2v) is 9.85. The minimum absolute atomic E-state index is 0.153. The Kier molecular flexibility index (Phi) is 10.2. The summed E-state index contributed by atoms with van der Waals surface area (Å²) in [5, 5.41) is 14.1. The van der Waals surface area contributed by atoms with Crippen LogP contribution in [0.5, 0.6) is 0 Å². The van der Waals surface area contributed by atoms with Crippen LogP contribution in [0, 0.1) is 11.7 Å². The van der Waals surface area contributed by atoms with Crippen LogP contribution in [0.4, 0.5) is 42.5 Å². The van der Waals surface area contributed by atoms with Crippen LogP contribution in [-0.2, 0) is 11.0 Å². The molecule has 1 amide bonds. The number of nitrogens with zero attached hydrogens (tertiary/aromatic N) is 3. The first-order valence-corrected chi connectivity index (χ1v) is 12.7. The van der Waals surface area contributed by atoms with E-state index in [2.05, 4.69) is 20.6 Å². The molecule has 4 rings (SSSR count). The molecule has 0 unspecified atom stereocenters. The van der Waals surface area contributed by atoms with Gasteiger partial charge in [-0.1, -0.05) is 12.1 Å². The normalized spacial score (nSPS) is 17.2. The third kappa shape index (κ3) is 8.66. The molecule has 1 aliphatic carbocycles. The molecular formula is C27H28F7N5O3. The predicted molar refractivity (Wildman–Crippen MR) is 141 cm³/mol. The largest absolute Gasteiger partial charge is 0.490 e. The highest BCUT2D eigenvalue weighted by atomic mass is 19.4. The zero-order valence-corrected chi connectivity index (χ0v) is 22.5. The number of carbonyl (C=O) groups is 2. The standard InChI is InChI=1S/C25H27F4N5O.C2HF3O2/c1-34(2)22-18-5-3-4-6-21(18)32-24(33-22)31-17-10-7-15(8-11-17)14-30-23(35)19-13-16(25(27,28)29)9-12-20(19)26;3-2(4,5)1(6)7/h3-6,9,12-13,15,17H,7-8,10-11,14H2,1-2H3,(H,30,35)(H,31,32,33);(H,6,7). The number of carbonyl (C=O) groups excluding carboxylic acids is 1. The van der Waals surface area contributed by atoms with E-state index in [0.717, 1.165) is 42.4 Å². The average Bonchev–Trinajstić information content (AvgIpc) is 2.91. The van der Waals surface area contributed by atoms with Gasteiger partial charge in [0.25, 0.3) is 5.91 Å². The van der Waals surface area contributed by atoms with Gasteiger partial charge in [-0.15, -0.1) is 0 Å². The Morgan fingerprint density at radius 2 is 1.60 bits per heavy atom. The number of fused-ring (bicyclic) bond motifs is 1. The van der Waals surface area contributed by atoms with E-state index in [1.54, 1.807) is 0 Å². The zero-order valence-electron chi connectivity index (χ0n) is 22.5. The predicted octanol–water partition coefficient (Wildman–Crippen LogP) is 5.89. The molecule has 0 spiro atoms. The Morgan fingerprint density at radius 3 is 2.17 bits per heavy atom. The monoisotopic (exact) mass is 603 g/mol. The second kappa shape index (κ2) is 13.2. The van der Waals surface area contributed by atoms with E-state index in [-0.39, 0.29) is 18.5 Å². The summed E-state index contributed by atoms with van der Waals surface area (Å²) < 4.78 is 84.4. The summed E-state index contributed by atoms with van der Waals surface area (Å²) in [5.41, 5.74) is -0.795. The molecule has 1 aromatic heterocycles. The molecule has 0 atom stereocenters. The minimum Gasteiger partial charge on any atom is -0.475 e. The fourth-order valence-corrected chi connectivity index (χ4v) is 4.37. The number of hydrogen-bond acceptors (Lipinski definition) is 6. The van der Waals surface area contributed by atoms with E-state index in [1.165, 1.54) is 0 Å². The molecule has 0 radical (unpaired) electrons. The number of para-hydroxylation sites is 1. The maximum absolute atomic E-state index is 14.0. The van der Waals surface area contributed by atoms with Gasteiger partial charge in [0.15, 0.2) is 0 Å². The number of carboxylic acids is 1. The third-order valence-electron chi connectivity index (χ3n) is 6.52. The van der Waals surface area contributed by atoms with Crippen LogP contribution < -0.4 is 15.5 Å². The molecule has 1 aliphatic rings. The molecule has 228 valence electrons. The number of benzene rings is 2. The van der Waals surface area contributed by atoms with Crippen molar-refractivity contribution < 1.29 is 45.4 Å². The SMILES string of the molecule is CN(C)c1nc(NC2CCC(CNC(=O)c3cc(C(F)(F)F)ccc3F)CC2)nc2ccccc12.O=C(O)C(F)(F)F. The first kappa shape index (κ1) is 32.3. The average molecular weight is 604 g/mol. The molecule has 42 heavy (non-hydrogen) atoms. The lowest BCUT2D eigenvalue weighted by atomic mass is 9.86. The summed E-state index contributed by atoms with van der Waals surface area (Å²) in [7, 11) is 3.87.